The molecule has 0 radical (unpaired) electrons. The van der Waals surface area contributed by atoms with E-state index in [1.807, 2.05) is 50.2 Å². The van der Waals surface area contributed by atoms with Gasteiger partial charge in [0.25, 0.3) is 0 Å². The lowest BCUT2D eigenvalue weighted by molar-refractivity contribution is 0.261. The van der Waals surface area contributed by atoms with Gasteiger partial charge in [-0.15, -0.1) is 0 Å². The van der Waals surface area contributed by atoms with Crippen LogP contribution in [0.5, 0.6) is 0 Å². The number of aryl methyl sites for hydroxylation is 2. The van der Waals surface area contributed by atoms with Gasteiger partial charge in [-0.3, -0.25) is 5.32 Å². The molecule has 4 rings (SSSR count). The zero-order valence-corrected chi connectivity index (χ0v) is 18.0. The second-order valence-corrected chi connectivity index (χ2v) is 7.57. The van der Waals surface area contributed by atoms with Crippen LogP contribution >= 0.6 is 11.6 Å². The van der Waals surface area contributed by atoms with Crippen LogP contribution in [0, 0.1) is 5.82 Å². The Morgan fingerprint density at radius 3 is 2.35 bits per heavy atom. The van der Waals surface area contributed by atoms with E-state index in [0.717, 1.165) is 29.7 Å². The van der Waals surface area contributed by atoms with E-state index in [9.17, 15) is 9.18 Å². The SMILES string of the molecule is CCc1cccc(CC)c1NC(=O)Nc1oc2ccc(F)cc2c1-c1ccccc1Cl. The van der Waals surface area contributed by atoms with Crippen molar-refractivity contribution in [2.75, 3.05) is 10.6 Å². The molecule has 0 aliphatic carbocycles. The topological polar surface area (TPSA) is 54.3 Å². The Bertz CT molecular complexity index is 1240. The van der Waals surface area contributed by atoms with Crippen LogP contribution in [0.1, 0.15) is 25.0 Å². The molecule has 0 aliphatic heterocycles. The quantitative estimate of drug-likeness (QED) is 0.337. The van der Waals surface area contributed by atoms with Crippen molar-refractivity contribution in [1.29, 1.82) is 0 Å². The molecule has 0 saturated heterocycles. The minimum Gasteiger partial charge on any atom is -0.440 e. The molecule has 2 N–H and O–H groups in total. The average Bonchev–Trinajstić information content (AvgIpc) is 3.10. The molecule has 2 amide bonds. The first-order chi connectivity index (χ1) is 15.0. The predicted molar refractivity (Wildman–Crippen MR) is 124 cm³/mol. The minimum absolute atomic E-state index is 0.207. The summed E-state index contributed by atoms with van der Waals surface area (Å²) >= 11 is 6.41. The predicted octanol–water partition coefficient (Wildman–Crippen LogP) is 7.66. The van der Waals surface area contributed by atoms with E-state index in [-0.39, 0.29) is 5.88 Å². The molecular weight excluding hydrogens is 415 g/mol. The molecule has 0 unspecified atom stereocenters. The van der Waals surface area contributed by atoms with Crippen LogP contribution in [0.15, 0.2) is 65.1 Å². The standard InChI is InChI=1S/C25H22ClFN2O2/c1-3-15-8-7-9-16(4-2)23(15)28-25(30)29-24-22(18-10-5-6-11-20(18)26)19-14-17(27)12-13-21(19)31-24/h5-14H,3-4H2,1-2H3,(H2,28,29,30). The Morgan fingerprint density at radius 2 is 1.68 bits per heavy atom. The van der Waals surface area contributed by atoms with Crippen molar-refractivity contribution in [3.8, 4) is 11.1 Å². The smallest absolute Gasteiger partial charge is 0.326 e. The number of rotatable bonds is 5. The Kier molecular flexibility index (Phi) is 5.96. The number of fused-ring (bicyclic) bond motifs is 1. The van der Waals surface area contributed by atoms with E-state index in [0.29, 0.717) is 27.1 Å². The number of para-hydroxylation sites is 1. The first-order valence-electron chi connectivity index (χ1n) is 10.2. The fraction of sp³-hybridized carbons (Fsp3) is 0.160. The van der Waals surface area contributed by atoms with E-state index >= 15 is 0 Å². The lowest BCUT2D eigenvalue weighted by Crippen LogP contribution is -2.21. The highest BCUT2D eigenvalue weighted by Crippen LogP contribution is 2.41. The number of amides is 2. The molecular formula is C25H22ClFN2O2. The Morgan fingerprint density at radius 1 is 0.968 bits per heavy atom. The lowest BCUT2D eigenvalue weighted by atomic mass is 10.0. The molecule has 4 nitrogen and oxygen atoms in total. The first kappa shape index (κ1) is 20.9. The van der Waals surface area contributed by atoms with E-state index in [1.165, 1.54) is 18.2 Å². The third-order valence-corrected chi connectivity index (χ3v) is 5.59. The molecule has 6 heteroatoms. The summed E-state index contributed by atoms with van der Waals surface area (Å²) in [6.45, 7) is 4.09. The molecule has 1 aromatic heterocycles. The van der Waals surface area contributed by atoms with Crippen LogP contribution in [0.4, 0.5) is 20.8 Å². The average molecular weight is 437 g/mol. The largest absolute Gasteiger partial charge is 0.440 e. The number of halogens is 2. The highest BCUT2D eigenvalue weighted by Gasteiger charge is 2.21. The van der Waals surface area contributed by atoms with Crippen LogP contribution in [0.25, 0.3) is 22.1 Å². The van der Waals surface area contributed by atoms with E-state index in [4.69, 9.17) is 16.0 Å². The van der Waals surface area contributed by atoms with Gasteiger partial charge in [0, 0.05) is 21.7 Å². The molecule has 0 saturated carbocycles. The Hall–Kier alpha value is -3.31. The molecule has 0 atom stereocenters. The van der Waals surface area contributed by atoms with Gasteiger partial charge < -0.3 is 9.73 Å². The van der Waals surface area contributed by atoms with E-state index in [1.54, 1.807) is 6.07 Å². The number of benzene rings is 3. The van der Waals surface area contributed by atoms with Crippen LogP contribution < -0.4 is 10.6 Å². The summed E-state index contributed by atoms with van der Waals surface area (Å²) in [4.78, 5) is 12.9. The van der Waals surface area contributed by atoms with Gasteiger partial charge in [0.15, 0.2) is 0 Å². The molecule has 31 heavy (non-hydrogen) atoms. The number of carbonyl (C=O) groups excluding carboxylic acids is 1. The van der Waals surface area contributed by atoms with Crippen molar-refractivity contribution in [2.24, 2.45) is 0 Å². The molecule has 1 heterocycles. The zero-order valence-electron chi connectivity index (χ0n) is 17.3. The summed E-state index contributed by atoms with van der Waals surface area (Å²) in [6.07, 6.45) is 1.58. The maximum absolute atomic E-state index is 14.0. The number of hydrogen-bond donors (Lipinski definition) is 2. The van der Waals surface area contributed by atoms with Gasteiger partial charge in [0.2, 0.25) is 5.88 Å². The Labute approximate surface area is 185 Å². The fourth-order valence-electron chi connectivity index (χ4n) is 3.74. The van der Waals surface area contributed by atoms with Gasteiger partial charge in [-0.05, 0) is 48.2 Å². The van der Waals surface area contributed by atoms with Crippen molar-refractivity contribution >= 4 is 40.2 Å². The Balaban J connectivity index is 1.75. The molecule has 4 aromatic rings. The van der Waals surface area contributed by atoms with E-state index in [2.05, 4.69) is 10.6 Å². The highest BCUT2D eigenvalue weighted by atomic mass is 35.5. The maximum Gasteiger partial charge on any atom is 0.326 e. The third kappa shape index (κ3) is 4.14. The summed E-state index contributed by atoms with van der Waals surface area (Å²) in [6, 6.07) is 17.0. The van der Waals surface area contributed by atoms with Crippen LogP contribution in [0.2, 0.25) is 5.02 Å². The van der Waals surface area contributed by atoms with Crippen LogP contribution in [-0.4, -0.2) is 6.03 Å². The van der Waals surface area contributed by atoms with E-state index < -0.39 is 11.8 Å². The van der Waals surface area contributed by atoms with Gasteiger partial charge in [0.05, 0.1) is 5.56 Å². The van der Waals surface area contributed by atoms with Gasteiger partial charge in [0.1, 0.15) is 11.4 Å². The number of anilines is 2. The van der Waals surface area contributed by atoms with Gasteiger partial charge in [-0.2, -0.15) is 0 Å². The van der Waals surface area contributed by atoms with Gasteiger partial charge in [-0.1, -0.05) is 61.8 Å². The number of furan rings is 1. The van der Waals surface area contributed by atoms with Crippen molar-refractivity contribution in [3.63, 3.8) is 0 Å². The summed E-state index contributed by atoms with van der Waals surface area (Å²) in [5, 5.41) is 6.77. The van der Waals surface area contributed by atoms with Crippen molar-refractivity contribution in [3.05, 3.63) is 82.6 Å². The summed E-state index contributed by atoms with van der Waals surface area (Å²) in [7, 11) is 0. The van der Waals surface area contributed by atoms with Gasteiger partial charge in [-0.25, -0.2) is 9.18 Å². The molecule has 0 spiro atoms. The van der Waals surface area contributed by atoms with Crippen molar-refractivity contribution < 1.29 is 13.6 Å². The zero-order chi connectivity index (χ0) is 22.0. The molecule has 0 aliphatic rings. The molecule has 158 valence electrons. The molecule has 0 fully saturated rings. The second kappa shape index (κ2) is 8.82. The number of urea groups is 1. The van der Waals surface area contributed by atoms with Crippen LogP contribution in [-0.2, 0) is 12.8 Å². The minimum atomic E-state index is -0.441. The lowest BCUT2D eigenvalue weighted by Gasteiger charge is -2.15. The number of carbonyl (C=O) groups is 1. The normalized spacial score (nSPS) is 11.0. The molecule has 0 bridgehead atoms. The summed E-state index contributed by atoms with van der Waals surface area (Å²) in [5.41, 5.74) is 4.53. The highest BCUT2D eigenvalue weighted by molar-refractivity contribution is 6.34. The molecule has 3 aromatic carbocycles. The van der Waals surface area contributed by atoms with Crippen molar-refractivity contribution in [2.45, 2.75) is 26.7 Å². The summed E-state index contributed by atoms with van der Waals surface area (Å²) < 4.78 is 19.9. The van der Waals surface area contributed by atoms with Crippen molar-refractivity contribution in [1.82, 2.24) is 0 Å². The number of hydrogen-bond acceptors (Lipinski definition) is 2. The fourth-order valence-corrected chi connectivity index (χ4v) is 3.97. The maximum atomic E-state index is 14.0. The third-order valence-electron chi connectivity index (χ3n) is 5.26. The number of nitrogens with one attached hydrogen (secondary N) is 2. The van der Waals surface area contributed by atoms with Crippen LogP contribution in [0.3, 0.4) is 0 Å². The van der Waals surface area contributed by atoms with Gasteiger partial charge >= 0.3 is 6.03 Å². The second-order valence-electron chi connectivity index (χ2n) is 7.16. The first-order valence-corrected chi connectivity index (χ1v) is 10.5. The monoisotopic (exact) mass is 436 g/mol. The summed E-state index contributed by atoms with van der Waals surface area (Å²) in [5.74, 6) is -0.194.